The zero-order chi connectivity index (χ0) is 14.7. The van der Waals surface area contributed by atoms with Crippen LogP contribution in [0.15, 0.2) is 42.5 Å². The van der Waals surface area contributed by atoms with Crippen LogP contribution in [0.1, 0.15) is 18.5 Å². The average Bonchev–Trinajstić information content (AvgIpc) is 2.42. The lowest BCUT2D eigenvalue weighted by Gasteiger charge is -2.16. The summed E-state index contributed by atoms with van der Waals surface area (Å²) in [6, 6.07) is 10.0. The Kier molecular flexibility index (Phi) is 3.93. The third kappa shape index (κ3) is 2.90. The normalized spacial score (nSPS) is 11.9. The molecule has 2 aromatic carbocycles. The van der Waals surface area contributed by atoms with Gasteiger partial charge in [0.1, 0.15) is 11.5 Å². The maximum Gasteiger partial charge on any atom is 0.298 e. The number of nitrogens with zero attached hydrogens (tertiary/aromatic N) is 1. The lowest BCUT2D eigenvalue weighted by atomic mass is 10.1. The Morgan fingerprint density at radius 2 is 1.85 bits per heavy atom. The highest BCUT2D eigenvalue weighted by atomic mass is 19.1. The van der Waals surface area contributed by atoms with E-state index in [-0.39, 0.29) is 11.7 Å². The topological polar surface area (TPSA) is 55.2 Å². The molecule has 20 heavy (non-hydrogen) atoms. The zero-order valence-electron chi connectivity index (χ0n) is 10.6. The van der Waals surface area contributed by atoms with Crippen molar-refractivity contribution in [1.82, 2.24) is 0 Å². The summed E-state index contributed by atoms with van der Waals surface area (Å²) in [6.07, 6.45) is 0. The maximum absolute atomic E-state index is 13.7. The largest absolute Gasteiger partial charge is 0.371 e. The molecule has 1 unspecified atom stereocenters. The number of nitrogens with one attached hydrogen (secondary N) is 1. The van der Waals surface area contributed by atoms with Crippen LogP contribution in [0.4, 0.5) is 20.2 Å². The van der Waals surface area contributed by atoms with Crippen LogP contribution in [-0.2, 0) is 0 Å². The molecule has 104 valence electrons. The molecule has 4 nitrogen and oxygen atoms in total. The van der Waals surface area contributed by atoms with Crippen molar-refractivity contribution >= 4 is 11.4 Å². The number of benzene rings is 2. The first-order valence-electron chi connectivity index (χ1n) is 5.94. The van der Waals surface area contributed by atoms with Crippen molar-refractivity contribution in [3.05, 3.63) is 69.8 Å². The predicted molar refractivity (Wildman–Crippen MR) is 71.5 cm³/mol. The van der Waals surface area contributed by atoms with Crippen molar-refractivity contribution in [3.8, 4) is 0 Å². The van der Waals surface area contributed by atoms with Gasteiger partial charge < -0.3 is 5.32 Å². The van der Waals surface area contributed by atoms with E-state index in [1.54, 1.807) is 6.92 Å². The molecule has 2 rings (SSSR count). The molecule has 0 saturated carbocycles. The number of rotatable bonds is 4. The van der Waals surface area contributed by atoms with E-state index in [0.717, 1.165) is 5.56 Å². The number of nitro groups is 1. The minimum Gasteiger partial charge on any atom is -0.371 e. The van der Waals surface area contributed by atoms with Gasteiger partial charge in [0.25, 0.3) is 5.69 Å². The van der Waals surface area contributed by atoms with E-state index in [0.29, 0.717) is 12.1 Å². The summed E-state index contributed by atoms with van der Waals surface area (Å²) in [5.41, 5.74) is -0.0939. The number of hydrogen-bond acceptors (Lipinski definition) is 3. The van der Waals surface area contributed by atoms with Crippen molar-refractivity contribution in [2.45, 2.75) is 13.0 Å². The Balaban J connectivity index is 2.36. The lowest BCUT2D eigenvalue weighted by Crippen LogP contribution is -2.10. The fourth-order valence-electron chi connectivity index (χ4n) is 1.89. The molecule has 1 atom stereocenters. The van der Waals surface area contributed by atoms with E-state index in [9.17, 15) is 18.9 Å². The van der Waals surface area contributed by atoms with Crippen LogP contribution in [-0.4, -0.2) is 4.92 Å². The first-order chi connectivity index (χ1) is 9.49. The lowest BCUT2D eigenvalue weighted by molar-refractivity contribution is -0.384. The quantitative estimate of drug-likeness (QED) is 0.678. The Hall–Kier alpha value is -2.50. The van der Waals surface area contributed by atoms with E-state index in [2.05, 4.69) is 5.32 Å². The van der Waals surface area contributed by atoms with Crippen LogP contribution in [0.5, 0.6) is 0 Å². The second-order valence-corrected chi connectivity index (χ2v) is 4.32. The van der Waals surface area contributed by atoms with E-state index >= 15 is 0 Å². The molecule has 0 radical (unpaired) electrons. The minimum absolute atomic E-state index is 0.312. The summed E-state index contributed by atoms with van der Waals surface area (Å²) >= 11 is 0. The van der Waals surface area contributed by atoms with Gasteiger partial charge in [0.05, 0.1) is 11.0 Å². The van der Waals surface area contributed by atoms with Crippen LogP contribution in [0.2, 0.25) is 0 Å². The molecule has 0 saturated heterocycles. The predicted octanol–water partition coefficient (Wildman–Crippen LogP) is 4.05. The van der Waals surface area contributed by atoms with Gasteiger partial charge >= 0.3 is 0 Å². The molecule has 0 fully saturated rings. The summed E-state index contributed by atoms with van der Waals surface area (Å²) in [5, 5.41) is 13.6. The zero-order valence-corrected chi connectivity index (χ0v) is 10.6. The molecule has 0 heterocycles. The highest BCUT2D eigenvalue weighted by Crippen LogP contribution is 2.31. The molecule has 0 aliphatic carbocycles. The van der Waals surface area contributed by atoms with Gasteiger partial charge in [-0.1, -0.05) is 30.3 Å². The molecule has 0 spiro atoms. The van der Waals surface area contributed by atoms with Crippen molar-refractivity contribution in [2.75, 3.05) is 5.32 Å². The summed E-state index contributed by atoms with van der Waals surface area (Å²) < 4.78 is 26.8. The maximum atomic E-state index is 13.7. The van der Waals surface area contributed by atoms with Gasteiger partial charge in [0.2, 0.25) is 0 Å². The summed E-state index contributed by atoms with van der Waals surface area (Å²) in [7, 11) is 0. The monoisotopic (exact) mass is 278 g/mol. The van der Waals surface area contributed by atoms with Crippen LogP contribution in [0, 0.1) is 21.7 Å². The van der Waals surface area contributed by atoms with E-state index < -0.39 is 22.2 Å². The third-order valence-corrected chi connectivity index (χ3v) is 2.89. The molecular weight excluding hydrogens is 266 g/mol. The van der Waals surface area contributed by atoms with E-state index in [1.165, 1.54) is 0 Å². The standard InChI is InChI=1S/C14H12F2N2O2/c1-9(10-5-3-2-4-6-10)17-14-12(16)7-11(15)8-13(14)18(19)20/h2-9,17H,1H3. The summed E-state index contributed by atoms with van der Waals surface area (Å²) in [5.74, 6) is -1.97. The first kappa shape index (κ1) is 13.9. The van der Waals surface area contributed by atoms with Gasteiger partial charge in [0, 0.05) is 12.1 Å². The number of halogens is 2. The molecule has 1 N–H and O–H groups in total. The molecule has 0 amide bonds. The van der Waals surface area contributed by atoms with Crippen molar-refractivity contribution in [3.63, 3.8) is 0 Å². The fourth-order valence-corrected chi connectivity index (χ4v) is 1.89. The van der Waals surface area contributed by atoms with Crippen LogP contribution >= 0.6 is 0 Å². The van der Waals surface area contributed by atoms with Crippen LogP contribution < -0.4 is 5.32 Å². The summed E-state index contributed by atoms with van der Waals surface area (Å²) in [4.78, 5) is 10.1. The summed E-state index contributed by atoms with van der Waals surface area (Å²) in [6.45, 7) is 1.74. The van der Waals surface area contributed by atoms with E-state index in [1.807, 2.05) is 30.3 Å². The van der Waals surface area contributed by atoms with Gasteiger partial charge in [-0.05, 0) is 12.5 Å². The Labute approximate surface area is 114 Å². The van der Waals surface area contributed by atoms with Gasteiger partial charge in [-0.3, -0.25) is 10.1 Å². The average molecular weight is 278 g/mol. The Bertz CT molecular complexity index is 633. The third-order valence-electron chi connectivity index (χ3n) is 2.89. The highest BCUT2D eigenvalue weighted by Gasteiger charge is 2.22. The fraction of sp³-hybridized carbons (Fsp3) is 0.143. The first-order valence-corrected chi connectivity index (χ1v) is 5.94. The molecule has 6 heteroatoms. The molecule has 2 aromatic rings. The number of nitro benzene ring substituents is 1. The SMILES string of the molecule is CC(Nc1c(F)cc(F)cc1[N+](=O)[O-])c1ccccc1. The second kappa shape index (κ2) is 5.64. The highest BCUT2D eigenvalue weighted by molar-refractivity contribution is 5.63. The van der Waals surface area contributed by atoms with Gasteiger partial charge in [0.15, 0.2) is 5.82 Å². The Morgan fingerprint density at radius 1 is 1.20 bits per heavy atom. The molecule has 0 aliphatic rings. The van der Waals surface area contributed by atoms with Crippen LogP contribution in [0.3, 0.4) is 0 Å². The molecule has 0 aromatic heterocycles. The van der Waals surface area contributed by atoms with Crippen molar-refractivity contribution in [1.29, 1.82) is 0 Å². The van der Waals surface area contributed by atoms with Gasteiger partial charge in [-0.2, -0.15) is 0 Å². The molecule has 0 aliphatic heterocycles. The number of anilines is 1. The van der Waals surface area contributed by atoms with Gasteiger partial charge in [-0.25, -0.2) is 8.78 Å². The second-order valence-electron chi connectivity index (χ2n) is 4.32. The smallest absolute Gasteiger partial charge is 0.298 e. The van der Waals surface area contributed by atoms with E-state index in [4.69, 9.17) is 0 Å². The molecular formula is C14H12F2N2O2. The Morgan fingerprint density at radius 3 is 2.45 bits per heavy atom. The molecule has 0 bridgehead atoms. The van der Waals surface area contributed by atoms with Crippen molar-refractivity contribution < 1.29 is 13.7 Å². The van der Waals surface area contributed by atoms with Crippen molar-refractivity contribution in [2.24, 2.45) is 0 Å². The minimum atomic E-state index is -0.987. The van der Waals surface area contributed by atoms with Crippen LogP contribution in [0.25, 0.3) is 0 Å². The number of hydrogen-bond donors (Lipinski definition) is 1. The van der Waals surface area contributed by atoms with Gasteiger partial charge in [-0.15, -0.1) is 0 Å².